The molecule has 3 saturated heterocycles. The van der Waals surface area contributed by atoms with Gasteiger partial charge in [0.05, 0.1) is 36.9 Å². The van der Waals surface area contributed by atoms with Crippen molar-refractivity contribution in [3.63, 3.8) is 0 Å². The highest BCUT2D eigenvalue weighted by atomic mass is 16.7. The van der Waals surface area contributed by atoms with Crippen molar-refractivity contribution in [2.45, 2.75) is 178 Å². The molecule has 4 rings (SSSR count). The SMILES string of the molecule is CCC(=O)OC1C(C)OC(OC2C(C)OC(OC3C(CC=O)CC(C)C(=O)/C=C/C4OC4CC(C)OC(=O)CC(OC(C)=O)C3OC)C(O)C2N(C)C)CC1(C)O. The number of hydrogen-bond acceptors (Lipinski definition) is 17. The Balaban J connectivity index is 1.66. The lowest BCUT2D eigenvalue weighted by atomic mass is 9.83. The maximum atomic E-state index is 13.4. The summed E-state index contributed by atoms with van der Waals surface area (Å²) in [6, 6.07) is -0.796. The van der Waals surface area contributed by atoms with Gasteiger partial charge in [-0.2, -0.15) is 0 Å². The maximum absolute atomic E-state index is 13.4. The van der Waals surface area contributed by atoms with Crippen LogP contribution in [0.2, 0.25) is 0 Å². The van der Waals surface area contributed by atoms with E-state index in [1.807, 2.05) is 0 Å². The molecular weight excluding hydrogens is 750 g/mol. The molecule has 0 bridgehead atoms. The standard InChI is InChI=1S/C40H63NO16/c1-11-30(45)55-38-23(5)51-32(19-40(38,7)48)56-35-22(4)52-39(34(47)33(35)41(8)9)57-36-25(14-15-42)16-20(2)26(44)12-13-27-28(54-27)17-21(3)50-31(46)18-29(37(36)49-10)53-24(6)43/h12-13,15,20-23,25,27-29,32-39,47-48H,11,14,16-19H2,1-10H3/b13-12+. The first-order valence-corrected chi connectivity index (χ1v) is 19.9. The largest absolute Gasteiger partial charge is 0.462 e. The lowest BCUT2D eigenvalue weighted by Gasteiger charge is -2.50. The number of fused-ring (bicyclic) bond motifs is 1. The number of likely N-dealkylation sites (N-methyl/N-ethyl adjacent to an activating group) is 1. The smallest absolute Gasteiger partial charge is 0.309 e. The van der Waals surface area contributed by atoms with Crippen molar-refractivity contribution in [3.05, 3.63) is 12.2 Å². The molecule has 57 heavy (non-hydrogen) atoms. The Morgan fingerprint density at radius 2 is 1.70 bits per heavy atom. The first kappa shape index (κ1) is 46.8. The molecule has 4 aliphatic heterocycles. The summed E-state index contributed by atoms with van der Waals surface area (Å²) < 4.78 is 53.9. The normalized spacial score (nSPS) is 42.7. The number of cyclic esters (lactones) is 1. The van der Waals surface area contributed by atoms with Gasteiger partial charge in [0.2, 0.25) is 0 Å². The summed E-state index contributed by atoms with van der Waals surface area (Å²) in [5, 5.41) is 23.4. The van der Waals surface area contributed by atoms with Crippen molar-refractivity contribution >= 4 is 30.0 Å². The summed E-state index contributed by atoms with van der Waals surface area (Å²) in [7, 11) is 4.81. The molecule has 17 atom stereocenters. The van der Waals surface area contributed by atoms with E-state index in [2.05, 4.69) is 0 Å². The molecule has 4 heterocycles. The maximum Gasteiger partial charge on any atom is 0.309 e. The zero-order chi connectivity index (χ0) is 42.4. The van der Waals surface area contributed by atoms with Gasteiger partial charge in [0.15, 0.2) is 24.5 Å². The summed E-state index contributed by atoms with van der Waals surface area (Å²) in [6.45, 7) is 11.2. The Hall–Kier alpha value is -2.87. The number of aldehydes is 1. The number of aliphatic hydroxyl groups is 2. The van der Waals surface area contributed by atoms with E-state index in [1.165, 1.54) is 20.1 Å². The number of nitrogens with zero attached hydrogens (tertiary/aromatic N) is 1. The van der Waals surface area contributed by atoms with Crippen LogP contribution >= 0.6 is 0 Å². The van der Waals surface area contributed by atoms with Crippen LogP contribution in [-0.4, -0.2) is 158 Å². The third-order valence-corrected chi connectivity index (χ3v) is 11.1. The van der Waals surface area contributed by atoms with Gasteiger partial charge in [-0.05, 0) is 66.3 Å². The van der Waals surface area contributed by atoms with Gasteiger partial charge in [-0.3, -0.25) is 19.2 Å². The summed E-state index contributed by atoms with van der Waals surface area (Å²) in [5.74, 6) is -3.45. The summed E-state index contributed by atoms with van der Waals surface area (Å²) in [4.78, 5) is 65.2. The predicted octanol–water partition coefficient (Wildman–Crippen LogP) is 1.80. The van der Waals surface area contributed by atoms with E-state index in [4.69, 9.17) is 42.6 Å². The van der Waals surface area contributed by atoms with Crippen molar-refractivity contribution in [2.75, 3.05) is 21.2 Å². The Morgan fingerprint density at radius 1 is 1.00 bits per heavy atom. The topological polar surface area (TPSA) is 215 Å². The molecule has 0 radical (unpaired) electrons. The Morgan fingerprint density at radius 3 is 2.30 bits per heavy atom. The average Bonchev–Trinajstić information content (AvgIpc) is 3.86. The highest BCUT2D eigenvalue weighted by Crippen LogP contribution is 2.38. The molecule has 0 aliphatic carbocycles. The van der Waals surface area contributed by atoms with E-state index in [0.717, 1.165) is 0 Å². The Bertz CT molecular complexity index is 1420. The van der Waals surface area contributed by atoms with Gasteiger partial charge in [0, 0.05) is 45.6 Å². The number of carbonyl (C=O) groups is 5. The molecule has 0 aromatic rings. The molecule has 0 aromatic heterocycles. The van der Waals surface area contributed by atoms with Crippen molar-refractivity contribution < 1.29 is 76.8 Å². The van der Waals surface area contributed by atoms with Crippen molar-refractivity contribution in [1.29, 1.82) is 0 Å². The number of methoxy groups -OCH3 is 1. The Labute approximate surface area is 334 Å². The number of ketones is 1. The van der Waals surface area contributed by atoms with Crippen LogP contribution in [0.3, 0.4) is 0 Å². The van der Waals surface area contributed by atoms with E-state index in [-0.39, 0.29) is 43.7 Å². The van der Waals surface area contributed by atoms with Crippen molar-refractivity contribution in [1.82, 2.24) is 4.90 Å². The minimum atomic E-state index is -1.50. The molecule has 2 N–H and O–H groups in total. The molecule has 0 aromatic carbocycles. The minimum absolute atomic E-state index is 0.0531. The number of esters is 3. The van der Waals surface area contributed by atoms with Crippen LogP contribution in [-0.2, 0) is 66.6 Å². The molecule has 0 saturated carbocycles. The van der Waals surface area contributed by atoms with Crippen LogP contribution in [0, 0.1) is 11.8 Å². The van der Waals surface area contributed by atoms with Crippen molar-refractivity contribution in [3.8, 4) is 0 Å². The molecule has 4 aliphatic rings. The van der Waals surface area contributed by atoms with E-state index >= 15 is 0 Å². The predicted molar refractivity (Wildman–Crippen MR) is 199 cm³/mol. The molecule has 17 nitrogen and oxygen atoms in total. The fourth-order valence-electron chi connectivity index (χ4n) is 8.21. The number of carbonyl (C=O) groups excluding carboxylic acids is 5. The molecule has 324 valence electrons. The fraction of sp³-hybridized carbons (Fsp3) is 0.825. The summed E-state index contributed by atoms with van der Waals surface area (Å²) in [5.41, 5.74) is -1.50. The van der Waals surface area contributed by atoms with E-state index < -0.39 is 115 Å². The number of ether oxygens (including phenoxy) is 9. The van der Waals surface area contributed by atoms with Crippen LogP contribution < -0.4 is 0 Å². The summed E-state index contributed by atoms with van der Waals surface area (Å²) in [6.07, 6.45) is -8.00. The molecule has 3 fully saturated rings. The molecule has 17 unspecified atom stereocenters. The van der Waals surface area contributed by atoms with Gasteiger partial charge in [0.1, 0.15) is 48.5 Å². The Kier molecular flexibility index (Phi) is 16.8. The van der Waals surface area contributed by atoms with Crippen LogP contribution in [0.5, 0.6) is 0 Å². The second kappa shape index (κ2) is 20.4. The van der Waals surface area contributed by atoms with Crippen molar-refractivity contribution in [2.24, 2.45) is 11.8 Å². The average molecular weight is 814 g/mol. The van der Waals surface area contributed by atoms with Gasteiger partial charge in [-0.1, -0.05) is 13.8 Å². The zero-order valence-corrected chi connectivity index (χ0v) is 34.8. The van der Waals surface area contributed by atoms with Crippen LogP contribution in [0.4, 0.5) is 0 Å². The second-order valence-electron chi connectivity index (χ2n) is 16.2. The number of allylic oxidation sites excluding steroid dienone is 1. The van der Waals surface area contributed by atoms with Gasteiger partial charge in [-0.25, -0.2) is 0 Å². The molecule has 0 spiro atoms. The monoisotopic (exact) mass is 813 g/mol. The lowest BCUT2D eigenvalue weighted by molar-refractivity contribution is -0.344. The molecule has 17 heteroatoms. The molecular formula is C40H63NO16. The first-order valence-electron chi connectivity index (χ1n) is 19.9. The quantitative estimate of drug-likeness (QED) is 0.132. The third-order valence-electron chi connectivity index (χ3n) is 11.1. The first-order chi connectivity index (χ1) is 26.8. The number of hydrogen-bond donors (Lipinski definition) is 2. The van der Waals surface area contributed by atoms with Gasteiger partial charge in [-0.15, -0.1) is 0 Å². The number of aliphatic hydroxyl groups excluding tert-OH is 1. The third kappa shape index (κ3) is 12.3. The molecule has 0 amide bonds. The second-order valence-corrected chi connectivity index (χ2v) is 16.2. The minimum Gasteiger partial charge on any atom is -0.462 e. The van der Waals surface area contributed by atoms with Gasteiger partial charge >= 0.3 is 17.9 Å². The highest BCUT2D eigenvalue weighted by molar-refractivity contribution is 5.91. The van der Waals surface area contributed by atoms with Gasteiger partial charge < -0.3 is 62.5 Å². The number of epoxide rings is 1. The van der Waals surface area contributed by atoms with Crippen LogP contribution in [0.1, 0.15) is 87.0 Å². The highest BCUT2D eigenvalue weighted by Gasteiger charge is 2.53. The van der Waals surface area contributed by atoms with E-state index in [9.17, 15) is 34.2 Å². The fourth-order valence-corrected chi connectivity index (χ4v) is 8.21. The van der Waals surface area contributed by atoms with E-state index in [0.29, 0.717) is 12.7 Å². The zero-order valence-electron chi connectivity index (χ0n) is 34.8. The number of rotatable bonds is 11. The van der Waals surface area contributed by atoms with E-state index in [1.54, 1.807) is 66.6 Å². The lowest BCUT2D eigenvalue weighted by Crippen LogP contribution is -2.66. The van der Waals surface area contributed by atoms with Gasteiger partial charge in [0.25, 0.3) is 0 Å². The van der Waals surface area contributed by atoms with Crippen LogP contribution in [0.15, 0.2) is 12.2 Å². The summed E-state index contributed by atoms with van der Waals surface area (Å²) >= 11 is 0. The van der Waals surface area contributed by atoms with Crippen LogP contribution in [0.25, 0.3) is 0 Å².